The number of halogens is 1. The van der Waals surface area contributed by atoms with Gasteiger partial charge in [-0.05, 0) is 23.7 Å². The van der Waals surface area contributed by atoms with Crippen LogP contribution < -0.4 is 4.72 Å². The van der Waals surface area contributed by atoms with Crippen LogP contribution in [-0.4, -0.2) is 25.1 Å². The minimum atomic E-state index is -2.96. The minimum absolute atomic E-state index is 0.247. The Bertz CT molecular complexity index is 192. The maximum atomic E-state index is 11.1. The van der Waals surface area contributed by atoms with Crippen molar-refractivity contribution in [2.24, 2.45) is 0 Å². The molecule has 0 atom stereocenters. The summed E-state index contributed by atoms with van der Waals surface area (Å²) in [6, 6.07) is 0. The maximum absolute atomic E-state index is 11.1. The van der Waals surface area contributed by atoms with Gasteiger partial charge in [-0.1, -0.05) is 29.5 Å². The molecule has 0 saturated carbocycles. The molecule has 0 bridgehead atoms. The Kier molecular flexibility index (Phi) is 7.46. The Morgan fingerprint density at radius 2 is 2.00 bits per heavy atom. The first-order valence-corrected chi connectivity index (χ1v) is 7.33. The number of sulfonamides is 1. The highest BCUT2D eigenvalue weighted by atomic mass is 127. The Labute approximate surface area is 88.5 Å². The summed E-state index contributed by atoms with van der Waals surface area (Å²) in [6.07, 6.45) is 2.70. The molecule has 74 valence electrons. The third kappa shape index (κ3) is 7.30. The lowest BCUT2D eigenvalue weighted by Gasteiger charge is -2.03. The van der Waals surface area contributed by atoms with Crippen LogP contribution in [0.15, 0.2) is 0 Å². The van der Waals surface area contributed by atoms with E-state index >= 15 is 0 Å². The van der Waals surface area contributed by atoms with E-state index < -0.39 is 10.0 Å². The zero-order valence-electron chi connectivity index (χ0n) is 7.35. The molecular weight excluding hydrogens is 289 g/mol. The molecule has 0 unspecified atom stereocenters. The number of rotatable bonds is 7. The summed E-state index contributed by atoms with van der Waals surface area (Å²) in [4.78, 5) is 0. The largest absolute Gasteiger partial charge is 0.215 e. The van der Waals surface area contributed by atoms with Gasteiger partial charge >= 0.3 is 0 Å². The minimum Gasteiger partial charge on any atom is -0.215 e. The third-order valence-corrected chi connectivity index (χ3v) is 3.71. The Morgan fingerprint density at radius 3 is 2.50 bits per heavy atom. The van der Waals surface area contributed by atoms with Crippen LogP contribution in [0, 0.1) is 0 Å². The van der Waals surface area contributed by atoms with Crippen molar-refractivity contribution >= 4 is 32.6 Å². The summed E-state index contributed by atoms with van der Waals surface area (Å²) in [5.41, 5.74) is 0. The monoisotopic (exact) mass is 305 g/mol. The van der Waals surface area contributed by atoms with Crippen molar-refractivity contribution in [2.45, 2.75) is 26.2 Å². The number of alkyl halides is 1. The summed E-state index contributed by atoms with van der Waals surface area (Å²) in [5.74, 6) is 0.247. The maximum Gasteiger partial charge on any atom is 0.211 e. The average molecular weight is 305 g/mol. The van der Waals surface area contributed by atoms with E-state index in [9.17, 15) is 8.42 Å². The molecule has 0 aliphatic rings. The summed E-state index contributed by atoms with van der Waals surface area (Å²) in [7, 11) is -2.96. The van der Waals surface area contributed by atoms with E-state index in [1.54, 1.807) is 0 Å². The molecule has 0 radical (unpaired) electrons. The second kappa shape index (κ2) is 7.08. The van der Waals surface area contributed by atoms with Gasteiger partial charge in [-0.15, -0.1) is 0 Å². The van der Waals surface area contributed by atoms with Crippen molar-refractivity contribution in [1.29, 1.82) is 0 Å². The molecule has 0 fully saturated rings. The first-order chi connectivity index (χ1) is 5.62. The normalized spacial score (nSPS) is 11.8. The molecule has 0 rings (SSSR count). The number of hydrogen-bond donors (Lipinski definition) is 1. The van der Waals surface area contributed by atoms with E-state index in [-0.39, 0.29) is 5.75 Å². The Balaban J connectivity index is 3.48. The molecule has 1 N–H and O–H groups in total. The van der Waals surface area contributed by atoms with Crippen LogP contribution in [0.2, 0.25) is 0 Å². The van der Waals surface area contributed by atoms with Gasteiger partial charge in [-0.25, -0.2) is 13.1 Å². The van der Waals surface area contributed by atoms with Crippen molar-refractivity contribution in [3.05, 3.63) is 0 Å². The molecule has 0 aromatic rings. The number of hydrogen-bond acceptors (Lipinski definition) is 2. The zero-order valence-corrected chi connectivity index (χ0v) is 10.3. The predicted molar refractivity (Wildman–Crippen MR) is 60.2 cm³/mol. The average Bonchev–Trinajstić information content (AvgIpc) is 1.98. The number of unbranched alkanes of at least 4 members (excludes halogenated alkanes) is 1. The van der Waals surface area contributed by atoms with E-state index in [0.29, 0.717) is 13.0 Å². The van der Waals surface area contributed by atoms with Crippen molar-refractivity contribution in [3.8, 4) is 0 Å². The van der Waals surface area contributed by atoms with Crippen molar-refractivity contribution in [3.63, 3.8) is 0 Å². The lowest BCUT2D eigenvalue weighted by molar-refractivity contribution is 0.577. The fourth-order valence-corrected chi connectivity index (χ4v) is 2.46. The third-order valence-electron chi connectivity index (χ3n) is 1.36. The summed E-state index contributed by atoms with van der Waals surface area (Å²) in [5, 5.41) is 0. The topological polar surface area (TPSA) is 46.2 Å². The summed E-state index contributed by atoms with van der Waals surface area (Å²) in [6.45, 7) is 2.45. The van der Waals surface area contributed by atoms with Crippen LogP contribution in [-0.2, 0) is 10.0 Å². The van der Waals surface area contributed by atoms with Gasteiger partial charge in [0.2, 0.25) is 10.0 Å². The molecule has 0 aliphatic carbocycles. The zero-order chi connectivity index (χ0) is 9.45. The van der Waals surface area contributed by atoms with E-state index in [2.05, 4.69) is 27.3 Å². The highest BCUT2D eigenvalue weighted by molar-refractivity contribution is 14.1. The van der Waals surface area contributed by atoms with Crippen molar-refractivity contribution < 1.29 is 8.42 Å². The summed E-state index contributed by atoms with van der Waals surface area (Å²) >= 11 is 2.29. The standard InChI is InChI=1S/C7H16INO2S/c1-2-7-12(10,11)9-6-4-3-5-8/h9H,2-7H2,1H3. The first-order valence-electron chi connectivity index (χ1n) is 4.15. The molecule has 0 aromatic heterocycles. The highest BCUT2D eigenvalue weighted by Crippen LogP contribution is 1.94. The lowest BCUT2D eigenvalue weighted by atomic mass is 10.3. The van der Waals surface area contributed by atoms with Crippen molar-refractivity contribution in [1.82, 2.24) is 4.72 Å². The van der Waals surface area contributed by atoms with E-state index in [1.165, 1.54) is 0 Å². The molecule has 0 amide bonds. The number of nitrogens with one attached hydrogen (secondary N) is 1. The molecule has 3 nitrogen and oxygen atoms in total. The molecule has 0 spiro atoms. The van der Waals surface area contributed by atoms with Gasteiger partial charge in [0.1, 0.15) is 0 Å². The van der Waals surface area contributed by atoms with Crippen LogP contribution in [0.4, 0.5) is 0 Å². The smallest absolute Gasteiger partial charge is 0.211 e. The predicted octanol–water partition coefficient (Wildman–Crippen LogP) is 1.53. The van der Waals surface area contributed by atoms with Gasteiger partial charge in [-0.2, -0.15) is 0 Å². The first kappa shape index (κ1) is 12.6. The second-order valence-corrected chi connectivity index (χ2v) is 5.61. The fourth-order valence-electron chi connectivity index (χ4n) is 0.788. The van der Waals surface area contributed by atoms with Gasteiger partial charge < -0.3 is 0 Å². The van der Waals surface area contributed by atoms with Crippen LogP contribution in [0.25, 0.3) is 0 Å². The van der Waals surface area contributed by atoms with Gasteiger partial charge in [0.15, 0.2) is 0 Å². The fraction of sp³-hybridized carbons (Fsp3) is 1.00. The van der Waals surface area contributed by atoms with Gasteiger partial charge in [0.25, 0.3) is 0 Å². The molecular formula is C7H16INO2S. The summed E-state index contributed by atoms with van der Waals surface area (Å²) < 4.78 is 25.8. The van der Waals surface area contributed by atoms with Crippen LogP contribution in [0.3, 0.4) is 0 Å². The molecule has 5 heteroatoms. The second-order valence-electron chi connectivity index (χ2n) is 2.61. The van der Waals surface area contributed by atoms with E-state index in [0.717, 1.165) is 17.3 Å². The lowest BCUT2D eigenvalue weighted by Crippen LogP contribution is -2.27. The van der Waals surface area contributed by atoms with E-state index in [4.69, 9.17) is 0 Å². The molecule has 0 heterocycles. The SMILES string of the molecule is CCCS(=O)(=O)NCCCCI. The Morgan fingerprint density at radius 1 is 1.33 bits per heavy atom. The van der Waals surface area contributed by atoms with Crippen LogP contribution in [0.1, 0.15) is 26.2 Å². The van der Waals surface area contributed by atoms with Gasteiger partial charge in [0.05, 0.1) is 5.75 Å². The molecule has 0 aromatic carbocycles. The van der Waals surface area contributed by atoms with Crippen LogP contribution >= 0.6 is 22.6 Å². The quantitative estimate of drug-likeness (QED) is 0.440. The van der Waals surface area contributed by atoms with E-state index in [1.807, 2.05) is 6.92 Å². The van der Waals surface area contributed by atoms with Gasteiger partial charge in [-0.3, -0.25) is 0 Å². The molecule has 0 aliphatic heterocycles. The van der Waals surface area contributed by atoms with Crippen molar-refractivity contribution in [2.75, 3.05) is 16.7 Å². The molecule has 0 saturated heterocycles. The Hall–Kier alpha value is 0.640. The highest BCUT2D eigenvalue weighted by Gasteiger charge is 2.05. The van der Waals surface area contributed by atoms with Crippen LogP contribution in [0.5, 0.6) is 0 Å². The molecule has 12 heavy (non-hydrogen) atoms. The van der Waals surface area contributed by atoms with Gasteiger partial charge in [0, 0.05) is 6.54 Å².